The molecule has 0 aliphatic rings. The number of aromatic hydroxyl groups is 1. The van der Waals surface area contributed by atoms with Crippen molar-refractivity contribution in [3.05, 3.63) is 102 Å². The van der Waals surface area contributed by atoms with Crippen molar-refractivity contribution in [2.45, 2.75) is 25.5 Å². The maximum atomic E-state index is 12.3. The van der Waals surface area contributed by atoms with Crippen LogP contribution in [0, 0.1) is 0 Å². The molecule has 1 amide bonds. The molecule has 27 heavy (non-hydrogen) atoms. The molecule has 0 aliphatic carbocycles. The number of rotatable bonds is 7. The van der Waals surface area contributed by atoms with Gasteiger partial charge in [0.15, 0.2) is 0 Å². The average Bonchev–Trinajstić information content (AvgIpc) is 2.72. The van der Waals surface area contributed by atoms with Crippen molar-refractivity contribution in [3.8, 4) is 5.75 Å². The van der Waals surface area contributed by atoms with Crippen molar-refractivity contribution >= 4 is 6.09 Å². The normalized spacial score (nSPS) is 11.6. The Hall–Kier alpha value is -3.27. The molecule has 0 saturated carbocycles. The Bertz CT molecular complexity index is 850. The Morgan fingerprint density at radius 1 is 0.852 bits per heavy atom. The molecule has 0 spiro atoms. The molecule has 4 nitrogen and oxygen atoms in total. The van der Waals surface area contributed by atoms with Gasteiger partial charge in [0.05, 0.1) is 6.04 Å². The summed E-state index contributed by atoms with van der Waals surface area (Å²) in [5, 5.41) is 13.1. The fraction of sp³-hybridized carbons (Fsp3) is 0.174. The largest absolute Gasteiger partial charge is 0.508 e. The Kier molecular flexibility index (Phi) is 6.47. The van der Waals surface area contributed by atoms with Gasteiger partial charge in [-0.15, -0.1) is 0 Å². The molecule has 3 aromatic rings. The maximum absolute atomic E-state index is 12.3. The van der Waals surface area contributed by atoms with Gasteiger partial charge in [-0.3, -0.25) is 0 Å². The molecule has 0 fully saturated rings. The van der Waals surface area contributed by atoms with Crippen LogP contribution in [0.4, 0.5) is 4.79 Å². The number of hydrogen-bond donors (Lipinski definition) is 2. The third-order valence-corrected chi connectivity index (χ3v) is 4.38. The zero-order valence-corrected chi connectivity index (χ0v) is 15.0. The summed E-state index contributed by atoms with van der Waals surface area (Å²) in [5.74, 6) is 0.166. The third-order valence-electron chi connectivity index (χ3n) is 4.38. The van der Waals surface area contributed by atoms with Crippen molar-refractivity contribution in [3.63, 3.8) is 0 Å². The number of phenols is 1. The smallest absolute Gasteiger partial charge is 0.407 e. The second kappa shape index (κ2) is 9.43. The number of hydrogen-bond acceptors (Lipinski definition) is 3. The van der Waals surface area contributed by atoms with Gasteiger partial charge in [-0.05, 0) is 30.0 Å². The zero-order chi connectivity index (χ0) is 18.9. The number of alkyl carbamates (subject to hydrolysis) is 1. The number of phenolic OH excluding ortho intramolecular Hbond substituents is 1. The molecular weight excluding hydrogens is 338 g/mol. The molecule has 4 heteroatoms. The Morgan fingerprint density at radius 3 is 2.11 bits per heavy atom. The summed E-state index contributed by atoms with van der Waals surface area (Å²) < 4.78 is 5.34. The minimum absolute atomic E-state index is 0.166. The minimum Gasteiger partial charge on any atom is -0.508 e. The summed E-state index contributed by atoms with van der Waals surface area (Å²) in [6.07, 6.45) is 0.932. The first-order valence-electron chi connectivity index (χ1n) is 9.01. The fourth-order valence-corrected chi connectivity index (χ4v) is 2.95. The van der Waals surface area contributed by atoms with Gasteiger partial charge in [0.1, 0.15) is 12.4 Å². The van der Waals surface area contributed by atoms with Gasteiger partial charge in [-0.2, -0.15) is 0 Å². The van der Waals surface area contributed by atoms with E-state index >= 15 is 0 Å². The quantitative estimate of drug-likeness (QED) is 0.623. The predicted molar refractivity (Wildman–Crippen MR) is 105 cm³/mol. The number of nitrogens with one attached hydrogen (secondary N) is 1. The van der Waals surface area contributed by atoms with Crippen molar-refractivity contribution < 1.29 is 14.6 Å². The van der Waals surface area contributed by atoms with Crippen LogP contribution in [0.2, 0.25) is 0 Å². The molecule has 0 saturated heterocycles. The molecule has 0 radical (unpaired) electrons. The highest BCUT2D eigenvalue weighted by molar-refractivity contribution is 5.68. The Morgan fingerprint density at radius 2 is 1.44 bits per heavy atom. The van der Waals surface area contributed by atoms with E-state index in [0.29, 0.717) is 12.0 Å². The third kappa shape index (κ3) is 5.61. The lowest BCUT2D eigenvalue weighted by atomic mass is 9.98. The lowest BCUT2D eigenvalue weighted by Gasteiger charge is -2.20. The van der Waals surface area contributed by atoms with Crippen LogP contribution in [0.5, 0.6) is 5.75 Å². The Labute approximate surface area is 159 Å². The molecule has 0 unspecified atom stereocenters. The van der Waals surface area contributed by atoms with E-state index in [1.54, 1.807) is 12.1 Å². The van der Waals surface area contributed by atoms with Crippen LogP contribution in [0.25, 0.3) is 0 Å². The molecule has 138 valence electrons. The number of aryl methyl sites for hydroxylation is 1. The number of amides is 1. The van der Waals surface area contributed by atoms with Crippen LogP contribution in [-0.4, -0.2) is 11.2 Å². The molecule has 1 atom stereocenters. The second-order valence-corrected chi connectivity index (χ2v) is 6.34. The minimum atomic E-state index is -0.500. The monoisotopic (exact) mass is 361 g/mol. The van der Waals surface area contributed by atoms with Crippen LogP contribution in [-0.2, 0) is 17.8 Å². The highest BCUT2D eigenvalue weighted by Gasteiger charge is 2.18. The average molecular weight is 361 g/mol. The topological polar surface area (TPSA) is 58.6 Å². The van der Waals surface area contributed by atoms with E-state index in [1.165, 1.54) is 5.56 Å². The first-order valence-corrected chi connectivity index (χ1v) is 9.01. The maximum Gasteiger partial charge on any atom is 0.407 e. The van der Waals surface area contributed by atoms with Crippen molar-refractivity contribution in [2.24, 2.45) is 0 Å². The molecule has 3 aromatic carbocycles. The van der Waals surface area contributed by atoms with Gasteiger partial charge in [0.25, 0.3) is 0 Å². The van der Waals surface area contributed by atoms with E-state index in [1.807, 2.05) is 60.7 Å². The van der Waals surface area contributed by atoms with Crippen LogP contribution in [0.3, 0.4) is 0 Å². The van der Waals surface area contributed by atoms with Gasteiger partial charge < -0.3 is 15.2 Å². The summed E-state index contributed by atoms with van der Waals surface area (Å²) in [6, 6.07) is 26.3. The molecule has 3 rings (SSSR count). The molecule has 0 aromatic heterocycles. The van der Waals surface area contributed by atoms with E-state index in [9.17, 15) is 9.90 Å². The van der Waals surface area contributed by atoms with Crippen molar-refractivity contribution in [1.29, 1.82) is 0 Å². The van der Waals surface area contributed by atoms with Gasteiger partial charge >= 0.3 is 6.09 Å². The number of benzene rings is 3. The molecule has 0 heterocycles. The highest BCUT2D eigenvalue weighted by atomic mass is 16.5. The van der Waals surface area contributed by atoms with E-state index in [0.717, 1.165) is 12.0 Å². The summed E-state index contributed by atoms with van der Waals surface area (Å²) >= 11 is 0. The highest BCUT2D eigenvalue weighted by Crippen LogP contribution is 2.27. The fourth-order valence-electron chi connectivity index (χ4n) is 2.95. The second-order valence-electron chi connectivity index (χ2n) is 6.34. The first kappa shape index (κ1) is 18.5. The van der Waals surface area contributed by atoms with Crippen molar-refractivity contribution in [1.82, 2.24) is 5.32 Å². The number of para-hydroxylation sites is 1. The summed E-state index contributed by atoms with van der Waals surface area (Å²) in [6.45, 7) is 0.207. The standard InChI is InChI=1S/C23H23NO3/c25-22-14-8-7-13-20(22)21(16-15-18-9-3-1-4-10-18)24-23(26)27-17-19-11-5-2-6-12-19/h1-14,21,25H,15-17H2,(H,24,26)/t21-/m1/s1. The number of ether oxygens (including phenoxy) is 1. The number of carbonyl (C=O) groups excluding carboxylic acids is 1. The lowest BCUT2D eigenvalue weighted by Crippen LogP contribution is -2.29. The molecule has 0 aliphatic heterocycles. The number of carbonyl (C=O) groups is 1. The van der Waals surface area contributed by atoms with E-state index in [-0.39, 0.29) is 18.4 Å². The van der Waals surface area contributed by atoms with E-state index < -0.39 is 6.09 Å². The van der Waals surface area contributed by atoms with E-state index in [2.05, 4.69) is 17.4 Å². The summed E-state index contributed by atoms with van der Waals surface area (Å²) in [5.41, 5.74) is 2.79. The summed E-state index contributed by atoms with van der Waals surface area (Å²) in [4.78, 5) is 12.3. The van der Waals surface area contributed by atoms with Gasteiger partial charge in [0, 0.05) is 5.56 Å². The molecular formula is C23H23NO3. The predicted octanol–water partition coefficient (Wildman–Crippen LogP) is 4.99. The van der Waals surface area contributed by atoms with Gasteiger partial charge in [-0.1, -0.05) is 78.9 Å². The van der Waals surface area contributed by atoms with E-state index in [4.69, 9.17) is 4.74 Å². The van der Waals surface area contributed by atoms with Crippen molar-refractivity contribution in [2.75, 3.05) is 0 Å². The van der Waals surface area contributed by atoms with Gasteiger partial charge in [0.2, 0.25) is 0 Å². The molecule has 2 N–H and O–H groups in total. The first-order chi connectivity index (χ1) is 13.2. The van der Waals surface area contributed by atoms with Gasteiger partial charge in [-0.25, -0.2) is 4.79 Å². The van der Waals surface area contributed by atoms with Crippen LogP contribution in [0.15, 0.2) is 84.9 Å². The van der Waals surface area contributed by atoms with Crippen LogP contribution in [0.1, 0.15) is 29.2 Å². The van der Waals surface area contributed by atoms with Crippen LogP contribution >= 0.6 is 0 Å². The lowest BCUT2D eigenvalue weighted by molar-refractivity contribution is 0.135. The van der Waals surface area contributed by atoms with Crippen LogP contribution < -0.4 is 5.32 Å². The summed E-state index contributed by atoms with van der Waals surface area (Å²) in [7, 11) is 0. The SMILES string of the molecule is O=C(N[C@H](CCc1ccccc1)c1ccccc1O)OCc1ccccc1. The zero-order valence-electron chi connectivity index (χ0n) is 15.0. The Balaban J connectivity index is 1.65. The molecule has 0 bridgehead atoms.